The maximum atomic E-state index is 11.6. The van der Waals surface area contributed by atoms with Gasteiger partial charge in [0, 0.05) is 18.7 Å². The molecular formula is C11H13N2O3. The minimum Gasteiger partial charge on any atom is -0.267 e. The molecule has 16 heavy (non-hydrogen) atoms. The van der Waals surface area contributed by atoms with Gasteiger partial charge in [0.05, 0.1) is 10.5 Å². The van der Waals surface area contributed by atoms with E-state index in [0.717, 1.165) is 6.42 Å². The van der Waals surface area contributed by atoms with Crippen LogP contribution in [0.25, 0.3) is 0 Å². The summed E-state index contributed by atoms with van der Waals surface area (Å²) in [5.41, 5.74) is 0.929. The first-order valence-corrected chi connectivity index (χ1v) is 5.03. The van der Waals surface area contributed by atoms with E-state index in [1.165, 1.54) is 12.1 Å². The molecule has 0 saturated carbocycles. The molecule has 1 aromatic rings. The van der Waals surface area contributed by atoms with Gasteiger partial charge in [0.2, 0.25) is 0 Å². The van der Waals surface area contributed by atoms with Gasteiger partial charge in [-0.15, -0.1) is 0 Å². The lowest BCUT2D eigenvalue weighted by molar-refractivity contribution is -0.384. The number of nitro groups is 1. The van der Waals surface area contributed by atoms with E-state index in [-0.39, 0.29) is 11.6 Å². The monoisotopic (exact) mass is 221 g/mol. The van der Waals surface area contributed by atoms with Crippen LogP contribution in [0, 0.1) is 17.0 Å². The third-order valence-corrected chi connectivity index (χ3v) is 2.14. The Labute approximate surface area is 93.6 Å². The Kier molecular flexibility index (Phi) is 3.99. The SMILES string of the molecule is CCC[N]C(=O)c1cc([N+](=O)[O-])ccc1C. The predicted molar refractivity (Wildman–Crippen MR) is 59.5 cm³/mol. The van der Waals surface area contributed by atoms with Crippen molar-refractivity contribution < 1.29 is 9.72 Å². The first-order chi connectivity index (χ1) is 7.56. The number of nitro benzene ring substituents is 1. The van der Waals surface area contributed by atoms with E-state index in [2.05, 4.69) is 5.32 Å². The summed E-state index contributed by atoms with van der Waals surface area (Å²) >= 11 is 0. The molecule has 0 aliphatic heterocycles. The second-order valence-electron chi connectivity index (χ2n) is 3.44. The van der Waals surface area contributed by atoms with E-state index in [4.69, 9.17) is 0 Å². The highest BCUT2D eigenvalue weighted by Crippen LogP contribution is 2.17. The fourth-order valence-electron chi connectivity index (χ4n) is 1.25. The van der Waals surface area contributed by atoms with Gasteiger partial charge in [-0.3, -0.25) is 14.9 Å². The molecule has 85 valence electrons. The molecule has 5 nitrogen and oxygen atoms in total. The smallest absolute Gasteiger partial charge is 0.267 e. The average molecular weight is 221 g/mol. The number of rotatable bonds is 4. The lowest BCUT2D eigenvalue weighted by Crippen LogP contribution is -2.17. The van der Waals surface area contributed by atoms with Gasteiger partial charge in [-0.25, -0.2) is 5.32 Å². The van der Waals surface area contributed by atoms with E-state index in [0.29, 0.717) is 17.7 Å². The van der Waals surface area contributed by atoms with Crippen LogP contribution in [0.1, 0.15) is 29.3 Å². The minimum absolute atomic E-state index is 0.0827. The van der Waals surface area contributed by atoms with Crippen molar-refractivity contribution in [2.45, 2.75) is 20.3 Å². The van der Waals surface area contributed by atoms with Gasteiger partial charge in [0.1, 0.15) is 0 Å². The topological polar surface area (TPSA) is 74.3 Å². The number of benzene rings is 1. The molecule has 1 rings (SSSR count). The number of hydrogen-bond donors (Lipinski definition) is 0. The van der Waals surface area contributed by atoms with Crippen molar-refractivity contribution in [3.05, 3.63) is 39.4 Å². The van der Waals surface area contributed by atoms with Gasteiger partial charge in [-0.05, 0) is 18.9 Å². The summed E-state index contributed by atoms with van der Waals surface area (Å²) in [5.74, 6) is -0.386. The van der Waals surface area contributed by atoms with Crippen LogP contribution in [0.15, 0.2) is 18.2 Å². The molecular weight excluding hydrogens is 208 g/mol. The number of aryl methyl sites for hydroxylation is 1. The van der Waals surface area contributed by atoms with Crippen molar-refractivity contribution in [3.8, 4) is 0 Å². The van der Waals surface area contributed by atoms with Crippen molar-refractivity contribution in [2.24, 2.45) is 0 Å². The molecule has 1 amide bonds. The summed E-state index contributed by atoms with van der Waals surface area (Å²) in [4.78, 5) is 21.7. The summed E-state index contributed by atoms with van der Waals surface area (Å²) in [6.45, 7) is 4.09. The first-order valence-electron chi connectivity index (χ1n) is 5.03. The van der Waals surface area contributed by atoms with Crippen LogP contribution >= 0.6 is 0 Å². The molecule has 0 heterocycles. The zero-order valence-corrected chi connectivity index (χ0v) is 9.27. The Morgan fingerprint density at radius 3 is 2.75 bits per heavy atom. The fraction of sp³-hybridized carbons (Fsp3) is 0.364. The van der Waals surface area contributed by atoms with Gasteiger partial charge in [0.15, 0.2) is 0 Å². The van der Waals surface area contributed by atoms with Crippen LogP contribution in [0.5, 0.6) is 0 Å². The van der Waals surface area contributed by atoms with Gasteiger partial charge >= 0.3 is 0 Å². The van der Waals surface area contributed by atoms with Crippen LogP contribution < -0.4 is 5.32 Å². The normalized spacial score (nSPS) is 9.88. The lowest BCUT2D eigenvalue weighted by Gasteiger charge is -2.04. The molecule has 0 unspecified atom stereocenters. The van der Waals surface area contributed by atoms with Crippen LogP contribution in [-0.2, 0) is 0 Å². The van der Waals surface area contributed by atoms with Crippen LogP contribution in [0.2, 0.25) is 0 Å². The summed E-state index contributed by atoms with van der Waals surface area (Å²) < 4.78 is 0. The molecule has 0 aliphatic carbocycles. The Morgan fingerprint density at radius 2 is 2.19 bits per heavy atom. The Hall–Kier alpha value is -1.91. The Bertz CT molecular complexity index is 416. The summed E-state index contributed by atoms with van der Waals surface area (Å²) in [6.07, 6.45) is 0.777. The molecule has 0 spiro atoms. The maximum absolute atomic E-state index is 11.6. The van der Waals surface area contributed by atoms with Crippen molar-refractivity contribution in [2.75, 3.05) is 6.54 Å². The van der Waals surface area contributed by atoms with Gasteiger partial charge in [-0.1, -0.05) is 13.0 Å². The van der Waals surface area contributed by atoms with Crippen molar-refractivity contribution >= 4 is 11.6 Å². The molecule has 0 aliphatic rings. The summed E-state index contributed by atoms with van der Waals surface area (Å²) in [7, 11) is 0. The largest absolute Gasteiger partial charge is 0.272 e. The number of carbonyl (C=O) groups excluding carboxylic acids is 1. The number of amides is 1. The average Bonchev–Trinajstić information content (AvgIpc) is 2.26. The third kappa shape index (κ3) is 2.79. The van der Waals surface area contributed by atoms with Crippen LogP contribution in [-0.4, -0.2) is 17.4 Å². The molecule has 0 N–H and O–H groups in total. The zero-order chi connectivity index (χ0) is 12.1. The van der Waals surface area contributed by atoms with E-state index in [9.17, 15) is 14.9 Å². The molecule has 1 aromatic carbocycles. The third-order valence-electron chi connectivity index (χ3n) is 2.14. The summed E-state index contributed by atoms with van der Waals surface area (Å²) in [6, 6.07) is 4.22. The molecule has 0 atom stereocenters. The zero-order valence-electron chi connectivity index (χ0n) is 9.27. The maximum Gasteiger partial charge on any atom is 0.272 e. The minimum atomic E-state index is -0.518. The summed E-state index contributed by atoms with van der Waals surface area (Å²) in [5, 5.41) is 14.4. The van der Waals surface area contributed by atoms with Gasteiger partial charge in [-0.2, -0.15) is 0 Å². The second kappa shape index (κ2) is 5.25. The molecule has 0 aromatic heterocycles. The van der Waals surface area contributed by atoms with E-state index < -0.39 is 4.92 Å². The van der Waals surface area contributed by atoms with Crippen LogP contribution in [0.4, 0.5) is 5.69 Å². The fourth-order valence-corrected chi connectivity index (χ4v) is 1.25. The highest BCUT2D eigenvalue weighted by atomic mass is 16.6. The molecule has 1 radical (unpaired) electrons. The number of carbonyl (C=O) groups is 1. The van der Waals surface area contributed by atoms with E-state index in [1.807, 2.05) is 6.92 Å². The van der Waals surface area contributed by atoms with Crippen molar-refractivity contribution in [1.82, 2.24) is 5.32 Å². The lowest BCUT2D eigenvalue weighted by atomic mass is 10.1. The molecule has 0 bridgehead atoms. The van der Waals surface area contributed by atoms with E-state index in [1.54, 1.807) is 13.0 Å². The van der Waals surface area contributed by atoms with E-state index >= 15 is 0 Å². The Balaban J connectivity index is 2.97. The van der Waals surface area contributed by atoms with Crippen molar-refractivity contribution in [1.29, 1.82) is 0 Å². The molecule has 0 saturated heterocycles. The standard InChI is InChI=1S/C11H13N2O3/c1-3-6-12-11(14)10-7-9(13(15)16)5-4-8(10)2/h4-5,7H,3,6H2,1-2H3. The molecule has 0 fully saturated rings. The quantitative estimate of drug-likeness (QED) is 0.576. The Morgan fingerprint density at radius 1 is 1.50 bits per heavy atom. The molecule has 5 heteroatoms. The number of non-ortho nitro benzene ring substituents is 1. The highest BCUT2D eigenvalue weighted by molar-refractivity contribution is 5.96. The highest BCUT2D eigenvalue weighted by Gasteiger charge is 2.14. The van der Waals surface area contributed by atoms with Gasteiger partial charge in [0.25, 0.3) is 11.6 Å². The predicted octanol–water partition coefficient (Wildman–Crippen LogP) is 2.06. The number of nitrogens with zero attached hydrogens (tertiary/aromatic N) is 2. The van der Waals surface area contributed by atoms with Crippen molar-refractivity contribution in [3.63, 3.8) is 0 Å². The van der Waals surface area contributed by atoms with Crippen LogP contribution in [0.3, 0.4) is 0 Å². The van der Waals surface area contributed by atoms with Gasteiger partial charge < -0.3 is 0 Å². The number of hydrogen-bond acceptors (Lipinski definition) is 3. The second-order valence-corrected chi connectivity index (χ2v) is 3.44. The first kappa shape index (κ1) is 12.2.